The summed E-state index contributed by atoms with van der Waals surface area (Å²) in [6, 6.07) is 0. The number of hydrogen-bond acceptors (Lipinski definition) is 4. The van der Waals surface area contributed by atoms with Gasteiger partial charge in [0.15, 0.2) is 0 Å². The van der Waals surface area contributed by atoms with Gasteiger partial charge in [0.25, 0.3) is 0 Å². The molecule has 0 aromatic heterocycles. The molecule has 0 atom stereocenters. The zero-order valence-corrected chi connectivity index (χ0v) is 12.4. The number of rotatable bonds is 2. The Kier molecular flexibility index (Phi) is 3.60. The molecule has 0 N–H and O–H groups in total. The third-order valence-electron chi connectivity index (χ3n) is 3.79. The first-order valence-corrected chi connectivity index (χ1v) is 6.44. The number of anilines is 1. The van der Waals surface area contributed by atoms with Crippen LogP contribution in [0.25, 0.3) is 0 Å². The van der Waals surface area contributed by atoms with Crippen molar-refractivity contribution in [2.24, 2.45) is 9.98 Å². The third kappa shape index (κ3) is 2.01. The Morgan fingerprint density at radius 3 is 2.58 bits per heavy atom. The predicted octanol–water partition coefficient (Wildman–Crippen LogP) is 2.90. The normalized spacial score (nSPS) is 15.0. The minimum absolute atomic E-state index is 0.709. The molecule has 1 aromatic rings. The van der Waals surface area contributed by atoms with Crippen LogP contribution in [0, 0.1) is 13.8 Å². The fourth-order valence-electron chi connectivity index (χ4n) is 2.72. The van der Waals surface area contributed by atoms with Gasteiger partial charge in [-0.3, -0.25) is 9.98 Å². The number of likely N-dealkylation sites (N-methyl/N-ethyl adjacent to an activating group) is 1. The average molecular weight is 259 g/mol. The van der Waals surface area contributed by atoms with Crippen LogP contribution >= 0.6 is 0 Å². The molecule has 0 amide bonds. The van der Waals surface area contributed by atoms with E-state index in [-0.39, 0.29) is 0 Å². The van der Waals surface area contributed by atoms with Crippen molar-refractivity contribution in [2.45, 2.75) is 20.8 Å². The molecule has 0 aliphatic carbocycles. The first kappa shape index (κ1) is 13.6. The van der Waals surface area contributed by atoms with Gasteiger partial charge in [0.05, 0.1) is 17.9 Å². The van der Waals surface area contributed by atoms with Gasteiger partial charge in [-0.05, 0) is 33.1 Å². The van der Waals surface area contributed by atoms with Crippen LogP contribution in [0.3, 0.4) is 0 Å². The summed E-state index contributed by atoms with van der Waals surface area (Å²) in [5.41, 5.74) is 6.29. The standard InChI is InChI=1S/C15H21N3O/c1-9-12(11(3)16-4)13(17-5)10(2)15-14(9)18(6)7-8-19-15/h5,7-8H2,1-4,6H3/b16-11-. The van der Waals surface area contributed by atoms with E-state index in [9.17, 15) is 0 Å². The second kappa shape index (κ2) is 5.03. The van der Waals surface area contributed by atoms with Gasteiger partial charge >= 0.3 is 0 Å². The highest BCUT2D eigenvalue weighted by Gasteiger charge is 2.26. The van der Waals surface area contributed by atoms with E-state index in [1.54, 1.807) is 7.05 Å². The Balaban J connectivity index is 2.85. The number of hydrogen-bond donors (Lipinski definition) is 0. The largest absolute Gasteiger partial charge is 0.489 e. The van der Waals surface area contributed by atoms with Gasteiger partial charge in [-0.25, -0.2) is 0 Å². The summed E-state index contributed by atoms with van der Waals surface area (Å²) in [5, 5.41) is 0. The molecule has 1 aliphatic rings. The van der Waals surface area contributed by atoms with Crippen molar-refractivity contribution in [3.8, 4) is 5.75 Å². The molecule has 4 nitrogen and oxygen atoms in total. The van der Waals surface area contributed by atoms with Crippen molar-refractivity contribution >= 4 is 23.8 Å². The zero-order chi connectivity index (χ0) is 14.2. The maximum Gasteiger partial charge on any atom is 0.148 e. The van der Waals surface area contributed by atoms with Crippen molar-refractivity contribution in [3.05, 3.63) is 16.7 Å². The second-order valence-electron chi connectivity index (χ2n) is 4.89. The summed E-state index contributed by atoms with van der Waals surface area (Å²) in [7, 11) is 3.90. The average Bonchev–Trinajstić information content (AvgIpc) is 2.41. The molecule has 102 valence electrons. The van der Waals surface area contributed by atoms with Crippen LogP contribution in [0.2, 0.25) is 0 Å². The molecule has 0 radical (unpaired) electrons. The van der Waals surface area contributed by atoms with Gasteiger partial charge in [-0.1, -0.05) is 0 Å². The van der Waals surface area contributed by atoms with Gasteiger partial charge in [0, 0.05) is 30.9 Å². The van der Waals surface area contributed by atoms with Gasteiger partial charge < -0.3 is 9.64 Å². The molecule has 0 fully saturated rings. The van der Waals surface area contributed by atoms with Crippen molar-refractivity contribution in [1.29, 1.82) is 0 Å². The minimum Gasteiger partial charge on any atom is -0.489 e. The first-order chi connectivity index (χ1) is 9.02. The highest BCUT2D eigenvalue weighted by atomic mass is 16.5. The molecular weight excluding hydrogens is 238 g/mol. The first-order valence-electron chi connectivity index (χ1n) is 6.44. The monoisotopic (exact) mass is 259 g/mol. The van der Waals surface area contributed by atoms with Crippen molar-refractivity contribution < 1.29 is 4.74 Å². The third-order valence-corrected chi connectivity index (χ3v) is 3.79. The molecule has 1 aromatic carbocycles. The smallest absolute Gasteiger partial charge is 0.148 e. The molecule has 2 rings (SSSR count). The summed E-state index contributed by atoms with van der Waals surface area (Å²) >= 11 is 0. The fraction of sp³-hybridized carbons (Fsp3) is 0.467. The maximum atomic E-state index is 5.85. The van der Waals surface area contributed by atoms with Gasteiger partial charge in [-0.2, -0.15) is 0 Å². The fourth-order valence-corrected chi connectivity index (χ4v) is 2.72. The Labute approximate surface area is 114 Å². The zero-order valence-electron chi connectivity index (χ0n) is 12.4. The lowest BCUT2D eigenvalue weighted by Crippen LogP contribution is -2.30. The van der Waals surface area contributed by atoms with Crippen molar-refractivity contribution in [2.75, 3.05) is 32.1 Å². The Morgan fingerprint density at radius 2 is 2.00 bits per heavy atom. The lowest BCUT2D eigenvalue weighted by molar-refractivity contribution is 0.309. The van der Waals surface area contributed by atoms with E-state index in [1.165, 1.54) is 0 Å². The van der Waals surface area contributed by atoms with Crippen molar-refractivity contribution in [1.82, 2.24) is 0 Å². The van der Waals surface area contributed by atoms with E-state index < -0.39 is 0 Å². The van der Waals surface area contributed by atoms with E-state index in [0.29, 0.717) is 6.61 Å². The van der Waals surface area contributed by atoms with Gasteiger partial charge in [0.2, 0.25) is 0 Å². The van der Waals surface area contributed by atoms with Crippen molar-refractivity contribution in [3.63, 3.8) is 0 Å². The molecule has 1 heterocycles. The maximum absolute atomic E-state index is 5.85. The number of aliphatic imine (C=N–C) groups is 2. The summed E-state index contributed by atoms with van der Waals surface area (Å²) < 4.78 is 5.85. The van der Waals surface area contributed by atoms with Crippen LogP contribution in [0.1, 0.15) is 23.6 Å². The van der Waals surface area contributed by atoms with Crippen LogP contribution < -0.4 is 9.64 Å². The van der Waals surface area contributed by atoms with Crippen LogP contribution in [-0.4, -0.2) is 39.7 Å². The molecular formula is C15H21N3O. The number of benzene rings is 1. The molecule has 4 heteroatoms. The lowest BCUT2D eigenvalue weighted by atomic mass is 9.95. The summed E-state index contributed by atoms with van der Waals surface area (Å²) in [5.74, 6) is 0.932. The van der Waals surface area contributed by atoms with Crippen LogP contribution in [0.5, 0.6) is 5.75 Å². The van der Waals surface area contributed by atoms with E-state index >= 15 is 0 Å². The molecule has 0 saturated heterocycles. The minimum atomic E-state index is 0.709. The highest BCUT2D eigenvalue weighted by molar-refractivity contribution is 6.07. The predicted molar refractivity (Wildman–Crippen MR) is 82.0 cm³/mol. The van der Waals surface area contributed by atoms with Gasteiger partial charge in [-0.15, -0.1) is 0 Å². The van der Waals surface area contributed by atoms with E-state index in [1.807, 2.05) is 13.8 Å². The Hall–Kier alpha value is -1.84. The molecule has 1 aliphatic heterocycles. The molecule has 0 bridgehead atoms. The van der Waals surface area contributed by atoms with E-state index in [2.05, 4.69) is 35.6 Å². The number of nitrogens with zero attached hydrogens (tertiary/aromatic N) is 3. The molecule has 0 unspecified atom stereocenters. The quantitative estimate of drug-likeness (QED) is 0.766. The summed E-state index contributed by atoms with van der Waals surface area (Å²) in [6.07, 6.45) is 0. The topological polar surface area (TPSA) is 37.2 Å². The van der Waals surface area contributed by atoms with E-state index in [4.69, 9.17) is 4.74 Å². The van der Waals surface area contributed by atoms with E-state index in [0.717, 1.165) is 46.1 Å². The highest BCUT2D eigenvalue weighted by Crippen LogP contribution is 2.45. The molecule has 0 spiro atoms. The molecule has 19 heavy (non-hydrogen) atoms. The summed E-state index contributed by atoms with van der Waals surface area (Å²) in [4.78, 5) is 10.8. The van der Waals surface area contributed by atoms with Gasteiger partial charge in [0.1, 0.15) is 12.4 Å². The number of fused-ring (bicyclic) bond motifs is 1. The molecule has 0 saturated carbocycles. The van der Waals surface area contributed by atoms with Crippen LogP contribution in [-0.2, 0) is 0 Å². The van der Waals surface area contributed by atoms with Crippen LogP contribution in [0.4, 0.5) is 11.4 Å². The Bertz CT molecular complexity index is 561. The lowest BCUT2D eigenvalue weighted by Gasteiger charge is -2.32. The SMILES string of the molecule is C=Nc1c(C)c2c(c(C)c1/C(C)=N\C)N(C)CCO2. The number of ether oxygens (including phenoxy) is 1. The Morgan fingerprint density at radius 1 is 1.32 bits per heavy atom. The van der Waals surface area contributed by atoms with Crippen LogP contribution in [0.15, 0.2) is 9.98 Å². The summed E-state index contributed by atoms with van der Waals surface area (Å²) in [6.45, 7) is 11.5. The second-order valence-corrected chi connectivity index (χ2v) is 4.89.